The van der Waals surface area contributed by atoms with Crippen LogP contribution in [0.5, 0.6) is 0 Å². The summed E-state index contributed by atoms with van der Waals surface area (Å²) >= 11 is 0. The van der Waals surface area contributed by atoms with Gasteiger partial charge in [0.2, 0.25) is 0 Å². The fourth-order valence-corrected chi connectivity index (χ4v) is 1.54. The van der Waals surface area contributed by atoms with Gasteiger partial charge in [-0.2, -0.15) is 0 Å². The Morgan fingerprint density at radius 2 is 1.79 bits per heavy atom. The first kappa shape index (κ1) is 8.95. The molecule has 1 nitrogen and oxygen atoms in total. The highest BCUT2D eigenvalue weighted by molar-refractivity contribution is 5.94. The summed E-state index contributed by atoms with van der Waals surface area (Å²) in [5, 5.41) is 7.44. The zero-order valence-electron chi connectivity index (χ0n) is 8.03. The van der Waals surface area contributed by atoms with Crippen LogP contribution in [0.25, 0.3) is 6.08 Å². The molecule has 2 rings (SSSR count). The van der Waals surface area contributed by atoms with Crippen LogP contribution in [0.3, 0.4) is 0 Å². The summed E-state index contributed by atoms with van der Waals surface area (Å²) in [5.74, 6) is 0. The fraction of sp³-hybridized carbons (Fsp3) is 0.154. The molecular weight excluding hydrogens is 170 g/mol. The SMILES string of the molecule is N=C1C=CC(=Cc2ccccc2)CC1. The summed E-state index contributed by atoms with van der Waals surface area (Å²) in [6, 6.07) is 10.3. The van der Waals surface area contributed by atoms with Crippen LogP contribution >= 0.6 is 0 Å². The summed E-state index contributed by atoms with van der Waals surface area (Å²) < 4.78 is 0. The quantitative estimate of drug-likeness (QED) is 0.689. The molecule has 0 aromatic heterocycles. The summed E-state index contributed by atoms with van der Waals surface area (Å²) in [5.41, 5.74) is 3.28. The third-order valence-electron chi connectivity index (χ3n) is 2.33. The highest BCUT2D eigenvalue weighted by Gasteiger charge is 2.02. The van der Waals surface area contributed by atoms with E-state index in [2.05, 4.69) is 18.2 Å². The lowest BCUT2D eigenvalue weighted by Gasteiger charge is -2.07. The Morgan fingerprint density at radius 3 is 2.43 bits per heavy atom. The monoisotopic (exact) mass is 183 g/mol. The van der Waals surface area contributed by atoms with Gasteiger partial charge in [0, 0.05) is 5.71 Å². The molecule has 1 aromatic rings. The molecule has 0 atom stereocenters. The van der Waals surface area contributed by atoms with Gasteiger partial charge in [0.15, 0.2) is 0 Å². The Labute approximate surface area is 84.3 Å². The average Bonchev–Trinajstić information content (AvgIpc) is 2.23. The van der Waals surface area contributed by atoms with Crippen molar-refractivity contribution in [2.75, 3.05) is 0 Å². The second kappa shape index (κ2) is 4.05. The fourth-order valence-electron chi connectivity index (χ4n) is 1.54. The molecule has 14 heavy (non-hydrogen) atoms. The van der Waals surface area contributed by atoms with Crippen molar-refractivity contribution in [3.05, 3.63) is 53.6 Å². The zero-order chi connectivity index (χ0) is 9.80. The Bertz CT molecular complexity index is 385. The minimum absolute atomic E-state index is 0.732. The van der Waals surface area contributed by atoms with Gasteiger partial charge in [0.1, 0.15) is 0 Å². The van der Waals surface area contributed by atoms with E-state index < -0.39 is 0 Å². The first-order valence-electron chi connectivity index (χ1n) is 4.86. The van der Waals surface area contributed by atoms with Crippen LogP contribution in [-0.4, -0.2) is 5.71 Å². The highest BCUT2D eigenvalue weighted by Crippen LogP contribution is 2.17. The molecule has 0 aliphatic heterocycles. The second-order valence-corrected chi connectivity index (χ2v) is 3.49. The number of nitrogens with one attached hydrogen (secondary N) is 1. The molecule has 0 saturated carbocycles. The summed E-state index contributed by atoms with van der Waals surface area (Å²) in [6.45, 7) is 0. The Balaban J connectivity index is 2.20. The van der Waals surface area contributed by atoms with E-state index in [1.807, 2.05) is 30.4 Å². The Hall–Kier alpha value is -1.63. The second-order valence-electron chi connectivity index (χ2n) is 3.49. The minimum Gasteiger partial charge on any atom is -0.305 e. The maximum absolute atomic E-state index is 7.44. The van der Waals surface area contributed by atoms with Crippen LogP contribution in [0.2, 0.25) is 0 Å². The third kappa shape index (κ3) is 2.19. The van der Waals surface area contributed by atoms with Crippen LogP contribution in [0.15, 0.2) is 48.1 Å². The largest absolute Gasteiger partial charge is 0.305 e. The van der Waals surface area contributed by atoms with Crippen molar-refractivity contribution in [1.82, 2.24) is 0 Å². The molecule has 0 heterocycles. The number of rotatable bonds is 1. The van der Waals surface area contributed by atoms with Crippen LogP contribution in [-0.2, 0) is 0 Å². The van der Waals surface area contributed by atoms with Crippen molar-refractivity contribution in [2.45, 2.75) is 12.8 Å². The van der Waals surface area contributed by atoms with Gasteiger partial charge in [-0.1, -0.05) is 42.5 Å². The molecule has 0 fully saturated rings. The van der Waals surface area contributed by atoms with Crippen molar-refractivity contribution < 1.29 is 0 Å². The van der Waals surface area contributed by atoms with Gasteiger partial charge >= 0.3 is 0 Å². The Morgan fingerprint density at radius 1 is 1.00 bits per heavy atom. The molecule has 1 N–H and O–H groups in total. The highest BCUT2D eigenvalue weighted by atomic mass is 14.4. The van der Waals surface area contributed by atoms with Gasteiger partial charge in [-0.05, 0) is 30.1 Å². The number of allylic oxidation sites excluding steroid dienone is 3. The van der Waals surface area contributed by atoms with Crippen molar-refractivity contribution in [2.24, 2.45) is 0 Å². The molecular formula is C13H13N. The molecule has 0 bridgehead atoms. The molecule has 1 heteroatoms. The maximum Gasteiger partial charge on any atom is 0.0317 e. The van der Waals surface area contributed by atoms with E-state index in [4.69, 9.17) is 5.41 Å². The zero-order valence-corrected chi connectivity index (χ0v) is 8.03. The predicted octanol–water partition coefficient (Wildman–Crippen LogP) is 3.44. The van der Waals surface area contributed by atoms with Gasteiger partial charge in [0.25, 0.3) is 0 Å². The number of benzene rings is 1. The normalized spacial score (nSPS) is 18.9. The summed E-state index contributed by atoms with van der Waals surface area (Å²) in [6.07, 6.45) is 7.97. The van der Waals surface area contributed by atoms with Crippen molar-refractivity contribution >= 4 is 11.8 Å². The van der Waals surface area contributed by atoms with Crippen LogP contribution in [0.4, 0.5) is 0 Å². The molecule has 0 saturated heterocycles. The third-order valence-corrected chi connectivity index (χ3v) is 2.33. The summed E-state index contributed by atoms with van der Waals surface area (Å²) in [7, 11) is 0. The van der Waals surface area contributed by atoms with Crippen molar-refractivity contribution in [3.63, 3.8) is 0 Å². The van der Waals surface area contributed by atoms with Crippen LogP contribution < -0.4 is 0 Å². The van der Waals surface area contributed by atoms with Crippen molar-refractivity contribution in [1.29, 1.82) is 5.41 Å². The van der Waals surface area contributed by atoms with Gasteiger partial charge in [-0.3, -0.25) is 0 Å². The molecule has 1 aromatic carbocycles. The van der Waals surface area contributed by atoms with E-state index in [0.717, 1.165) is 18.6 Å². The van der Waals surface area contributed by atoms with E-state index >= 15 is 0 Å². The Kier molecular flexibility index (Phi) is 2.59. The van der Waals surface area contributed by atoms with Crippen LogP contribution in [0.1, 0.15) is 18.4 Å². The lowest BCUT2D eigenvalue weighted by atomic mass is 9.98. The molecule has 0 unspecified atom stereocenters. The molecule has 0 amide bonds. The van der Waals surface area contributed by atoms with E-state index in [1.165, 1.54) is 11.1 Å². The van der Waals surface area contributed by atoms with E-state index in [1.54, 1.807) is 0 Å². The van der Waals surface area contributed by atoms with E-state index in [0.29, 0.717) is 0 Å². The summed E-state index contributed by atoms with van der Waals surface area (Å²) in [4.78, 5) is 0. The standard InChI is InChI=1S/C13H13N/c14-13-8-6-12(7-9-13)10-11-4-2-1-3-5-11/h1-6,8,10,14H,7,9H2. The first-order valence-corrected chi connectivity index (χ1v) is 4.86. The van der Waals surface area contributed by atoms with E-state index in [-0.39, 0.29) is 0 Å². The maximum atomic E-state index is 7.44. The molecule has 0 radical (unpaired) electrons. The van der Waals surface area contributed by atoms with Gasteiger partial charge in [-0.15, -0.1) is 0 Å². The van der Waals surface area contributed by atoms with Crippen LogP contribution in [0, 0.1) is 5.41 Å². The average molecular weight is 183 g/mol. The lowest BCUT2D eigenvalue weighted by molar-refractivity contribution is 1.03. The first-order chi connectivity index (χ1) is 6.84. The lowest BCUT2D eigenvalue weighted by Crippen LogP contribution is -1.98. The van der Waals surface area contributed by atoms with Gasteiger partial charge < -0.3 is 5.41 Å². The van der Waals surface area contributed by atoms with E-state index in [9.17, 15) is 0 Å². The van der Waals surface area contributed by atoms with Gasteiger partial charge in [-0.25, -0.2) is 0 Å². The van der Waals surface area contributed by atoms with Gasteiger partial charge in [0.05, 0.1) is 0 Å². The number of hydrogen-bond acceptors (Lipinski definition) is 1. The number of hydrogen-bond donors (Lipinski definition) is 1. The molecule has 70 valence electrons. The topological polar surface area (TPSA) is 23.9 Å². The minimum atomic E-state index is 0.732. The smallest absolute Gasteiger partial charge is 0.0317 e. The molecule has 1 aliphatic carbocycles. The van der Waals surface area contributed by atoms with Crippen molar-refractivity contribution in [3.8, 4) is 0 Å². The molecule has 1 aliphatic rings. The molecule has 0 spiro atoms. The predicted molar refractivity (Wildman–Crippen MR) is 60.5 cm³/mol.